The molecule has 3 aromatic carbocycles. The number of hydrogen-bond donors (Lipinski definition) is 0. The van der Waals surface area contributed by atoms with Crippen LogP contribution in [-0.4, -0.2) is 4.98 Å². The third-order valence-corrected chi connectivity index (χ3v) is 14.4. The molecule has 0 saturated heterocycles. The van der Waals surface area contributed by atoms with Crippen molar-refractivity contribution in [2.45, 2.75) is 105 Å². The van der Waals surface area contributed by atoms with Crippen molar-refractivity contribution >= 4 is 21.7 Å². The summed E-state index contributed by atoms with van der Waals surface area (Å²) in [7, 11) is 0. The molecule has 3 fully saturated rings. The van der Waals surface area contributed by atoms with Crippen molar-refractivity contribution in [3.63, 3.8) is 0 Å². The Bertz CT molecular complexity index is 1700. The van der Waals surface area contributed by atoms with E-state index in [1.165, 1.54) is 104 Å². The summed E-state index contributed by atoms with van der Waals surface area (Å²) in [5, 5.41) is 4.18. The largest absolute Gasteiger partial charge is 0.247 e. The second kappa shape index (κ2) is 11.2. The van der Waals surface area contributed by atoms with Gasteiger partial charge in [0.25, 0.3) is 0 Å². The summed E-state index contributed by atoms with van der Waals surface area (Å²) in [5.74, 6) is 6.12. The predicted octanol–water partition coefficient (Wildman–Crippen LogP) is 12.1. The number of benzene rings is 3. The van der Waals surface area contributed by atoms with Gasteiger partial charge in [-0.15, -0.1) is 0 Å². The summed E-state index contributed by atoms with van der Waals surface area (Å²) in [6.45, 7) is 12.9. The second-order valence-electron chi connectivity index (χ2n) is 17.0. The van der Waals surface area contributed by atoms with Crippen LogP contribution in [0.25, 0.3) is 32.9 Å². The van der Waals surface area contributed by atoms with Gasteiger partial charge in [-0.05, 0) is 132 Å². The average molecular weight is 598 g/mol. The van der Waals surface area contributed by atoms with E-state index in [1.807, 2.05) is 0 Å². The molecule has 1 unspecified atom stereocenters. The number of hydrogen-bond acceptors (Lipinski definition) is 1. The molecule has 8 rings (SSSR count). The van der Waals surface area contributed by atoms with Crippen molar-refractivity contribution in [3.05, 3.63) is 77.9 Å². The lowest BCUT2D eigenvalue weighted by Crippen LogP contribution is -2.54. The summed E-state index contributed by atoms with van der Waals surface area (Å²) < 4.78 is 0. The Morgan fingerprint density at radius 2 is 1.53 bits per heavy atom. The topological polar surface area (TPSA) is 12.9 Å². The normalized spacial score (nSPS) is 33.1. The van der Waals surface area contributed by atoms with E-state index in [1.54, 1.807) is 11.1 Å². The van der Waals surface area contributed by atoms with E-state index in [0.29, 0.717) is 10.8 Å². The van der Waals surface area contributed by atoms with Gasteiger partial charge in [0.1, 0.15) is 0 Å². The molecule has 0 N–H and O–H groups in total. The molecular weight excluding hydrogens is 542 g/mol. The molecule has 0 spiro atoms. The van der Waals surface area contributed by atoms with Gasteiger partial charge in [0, 0.05) is 10.9 Å². The summed E-state index contributed by atoms with van der Waals surface area (Å²) in [5.41, 5.74) is 7.83. The molecule has 4 aliphatic carbocycles. The van der Waals surface area contributed by atoms with E-state index in [0.717, 1.165) is 41.4 Å². The minimum absolute atomic E-state index is 0.363. The van der Waals surface area contributed by atoms with Gasteiger partial charge in [-0.3, -0.25) is 0 Å². The molecule has 1 heteroatoms. The zero-order valence-corrected chi connectivity index (χ0v) is 28.6. The standard InChI is InChI=1S/C44H55N/c1-28(2)12-11-13-29(3)37-21-22-38-34-20-19-32-26-35-36(27-44(32,5)39(34)24-25-43(37,38)4)42(31-15-7-6-8-16-31)45-40-23-18-30-14-9-10-17-33(30)41(35)40/h6-10,14-18,23,28-29,32,34,37-39H,11-13,19-22,24-27H2,1-5H3/t29-,32?,34+,37-,38+,39+,43-,44+/m1/s1. The van der Waals surface area contributed by atoms with E-state index < -0.39 is 0 Å². The van der Waals surface area contributed by atoms with Crippen molar-refractivity contribution in [1.82, 2.24) is 4.98 Å². The number of rotatable bonds is 6. The third-order valence-electron chi connectivity index (χ3n) is 14.4. The molecule has 1 aromatic heterocycles. The summed E-state index contributed by atoms with van der Waals surface area (Å²) in [6, 6.07) is 24.7. The van der Waals surface area contributed by atoms with Crippen LogP contribution in [0.4, 0.5) is 0 Å². The first-order valence-corrected chi connectivity index (χ1v) is 18.7. The van der Waals surface area contributed by atoms with Gasteiger partial charge in [-0.25, -0.2) is 4.98 Å². The van der Waals surface area contributed by atoms with Crippen molar-refractivity contribution in [3.8, 4) is 11.3 Å². The van der Waals surface area contributed by atoms with Crippen LogP contribution in [0.2, 0.25) is 0 Å². The van der Waals surface area contributed by atoms with Crippen molar-refractivity contribution in [2.75, 3.05) is 0 Å². The van der Waals surface area contributed by atoms with Crippen LogP contribution in [0.15, 0.2) is 66.7 Å². The van der Waals surface area contributed by atoms with E-state index in [9.17, 15) is 0 Å². The van der Waals surface area contributed by atoms with Gasteiger partial charge in [0.2, 0.25) is 0 Å². The minimum atomic E-state index is 0.363. The highest BCUT2D eigenvalue weighted by atomic mass is 14.7. The van der Waals surface area contributed by atoms with E-state index >= 15 is 0 Å². The van der Waals surface area contributed by atoms with Gasteiger partial charge in [-0.2, -0.15) is 0 Å². The number of pyridine rings is 1. The lowest BCUT2D eigenvalue weighted by Gasteiger charge is -2.61. The summed E-state index contributed by atoms with van der Waals surface area (Å²) in [4.78, 5) is 5.51. The quantitative estimate of drug-likeness (QED) is 0.201. The molecule has 1 nitrogen and oxygen atoms in total. The molecule has 0 amide bonds. The molecule has 236 valence electrons. The Balaban J connectivity index is 1.17. The van der Waals surface area contributed by atoms with Crippen LogP contribution in [-0.2, 0) is 12.8 Å². The predicted molar refractivity (Wildman–Crippen MR) is 191 cm³/mol. The minimum Gasteiger partial charge on any atom is -0.247 e. The first kappa shape index (κ1) is 29.7. The molecule has 45 heavy (non-hydrogen) atoms. The Morgan fingerprint density at radius 3 is 2.36 bits per heavy atom. The fraction of sp³-hybridized carbons (Fsp3) is 0.568. The van der Waals surface area contributed by atoms with E-state index in [2.05, 4.69) is 101 Å². The zero-order valence-electron chi connectivity index (χ0n) is 28.6. The Kier molecular flexibility index (Phi) is 7.42. The number of fused-ring (bicyclic) bond motifs is 10. The third kappa shape index (κ3) is 4.72. The molecule has 3 saturated carbocycles. The fourth-order valence-corrected chi connectivity index (χ4v) is 12.2. The average Bonchev–Trinajstić information content (AvgIpc) is 3.40. The molecule has 4 aromatic rings. The van der Waals surface area contributed by atoms with Crippen LogP contribution >= 0.6 is 0 Å². The summed E-state index contributed by atoms with van der Waals surface area (Å²) in [6.07, 6.45) is 15.4. The van der Waals surface area contributed by atoms with E-state index in [-0.39, 0.29) is 0 Å². The molecule has 4 aliphatic rings. The Morgan fingerprint density at radius 1 is 0.756 bits per heavy atom. The fourth-order valence-electron chi connectivity index (χ4n) is 12.2. The number of aromatic nitrogens is 1. The molecule has 1 heterocycles. The van der Waals surface area contributed by atoms with Crippen LogP contribution in [0.5, 0.6) is 0 Å². The van der Waals surface area contributed by atoms with Crippen LogP contribution in [0, 0.1) is 52.3 Å². The maximum Gasteiger partial charge on any atom is 0.0744 e. The zero-order chi connectivity index (χ0) is 30.9. The maximum atomic E-state index is 5.51. The van der Waals surface area contributed by atoms with Gasteiger partial charge < -0.3 is 0 Å². The molecule has 0 bridgehead atoms. The maximum absolute atomic E-state index is 5.51. The highest BCUT2D eigenvalue weighted by Crippen LogP contribution is 2.68. The smallest absolute Gasteiger partial charge is 0.0744 e. The Labute approximate surface area is 272 Å². The van der Waals surface area contributed by atoms with Crippen molar-refractivity contribution < 1.29 is 0 Å². The van der Waals surface area contributed by atoms with Gasteiger partial charge in [0.05, 0.1) is 11.2 Å². The molecule has 8 atom stereocenters. The van der Waals surface area contributed by atoms with Gasteiger partial charge in [-0.1, -0.05) is 115 Å². The van der Waals surface area contributed by atoms with Crippen LogP contribution < -0.4 is 0 Å². The van der Waals surface area contributed by atoms with Crippen molar-refractivity contribution in [2.24, 2.45) is 52.3 Å². The van der Waals surface area contributed by atoms with Crippen LogP contribution in [0.3, 0.4) is 0 Å². The molecule has 0 aliphatic heterocycles. The van der Waals surface area contributed by atoms with Gasteiger partial charge in [0.15, 0.2) is 0 Å². The molecular formula is C44H55N. The highest BCUT2D eigenvalue weighted by Gasteiger charge is 2.60. The number of nitrogens with zero attached hydrogens (tertiary/aromatic N) is 1. The molecule has 0 radical (unpaired) electrons. The van der Waals surface area contributed by atoms with Gasteiger partial charge >= 0.3 is 0 Å². The van der Waals surface area contributed by atoms with Crippen molar-refractivity contribution in [1.29, 1.82) is 0 Å². The summed E-state index contributed by atoms with van der Waals surface area (Å²) >= 11 is 0. The lowest BCUT2D eigenvalue weighted by atomic mass is 9.44. The Hall–Kier alpha value is -2.67. The SMILES string of the molecule is CC(C)CCC[C@@H](C)[C@H]1CC[C@H]2[C@@H]3CCC4Cc5c(c(-c6ccccc6)nc6ccc7ccccc7c56)C[C@]4(C)[C@H]3CC[C@]12C. The first-order valence-electron chi connectivity index (χ1n) is 18.7. The lowest BCUT2D eigenvalue weighted by molar-refractivity contribution is -0.103. The second-order valence-corrected chi connectivity index (χ2v) is 17.0. The van der Waals surface area contributed by atoms with E-state index in [4.69, 9.17) is 4.98 Å². The highest BCUT2D eigenvalue weighted by molar-refractivity contribution is 6.09. The monoisotopic (exact) mass is 597 g/mol. The van der Waals surface area contributed by atoms with Crippen LogP contribution in [0.1, 0.15) is 104 Å². The first-order chi connectivity index (χ1) is 21.8.